The summed E-state index contributed by atoms with van der Waals surface area (Å²) in [5, 5.41) is 6.68. The zero-order valence-corrected chi connectivity index (χ0v) is 9.70. The second-order valence-electron chi connectivity index (χ2n) is 4.02. The summed E-state index contributed by atoms with van der Waals surface area (Å²) in [5.74, 6) is 0.921. The average molecular weight is 221 g/mol. The Balaban J connectivity index is 1.94. The summed E-state index contributed by atoms with van der Waals surface area (Å²) in [5.41, 5.74) is 1.11. The van der Waals surface area contributed by atoms with Gasteiger partial charge in [-0.25, -0.2) is 4.98 Å². The van der Waals surface area contributed by atoms with Crippen LogP contribution in [0.3, 0.4) is 0 Å². The van der Waals surface area contributed by atoms with Crippen molar-refractivity contribution >= 4 is 11.5 Å². The van der Waals surface area contributed by atoms with Crippen molar-refractivity contribution in [1.82, 2.24) is 4.98 Å². The van der Waals surface area contributed by atoms with Gasteiger partial charge in [0.1, 0.15) is 5.82 Å². The van der Waals surface area contributed by atoms with Crippen LogP contribution in [-0.4, -0.2) is 30.8 Å². The molecule has 4 heteroatoms. The SMILES string of the molecule is CCNc1cc(NC2CCCOC2)ccn1. The van der Waals surface area contributed by atoms with Crippen molar-refractivity contribution in [3.8, 4) is 0 Å². The minimum Gasteiger partial charge on any atom is -0.380 e. The molecule has 0 spiro atoms. The lowest BCUT2D eigenvalue weighted by atomic mass is 10.1. The highest BCUT2D eigenvalue weighted by Gasteiger charge is 2.13. The summed E-state index contributed by atoms with van der Waals surface area (Å²) < 4.78 is 5.44. The molecule has 0 aliphatic carbocycles. The third-order valence-electron chi connectivity index (χ3n) is 2.65. The fraction of sp³-hybridized carbons (Fsp3) is 0.583. The normalized spacial score (nSPS) is 20.4. The molecule has 1 aromatic rings. The first kappa shape index (κ1) is 11.2. The number of anilines is 2. The van der Waals surface area contributed by atoms with Crippen LogP contribution < -0.4 is 10.6 Å². The first-order valence-electron chi connectivity index (χ1n) is 5.92. The van der Waals surface area contributed by atoms with Crippen LogP contribution in [-0.2, 0) is 4.74 Å². The summed E-state index contributed by atoms with van der Waals surface area (Å²) >= 11 is 0. The summed E-state index contributed by atoms with van der Waals surface area (Å²) in [6.07, 6.45) is 4.14. The van der Waals surface area contributed by atoms with Gasteiger partial charge < -0.3 is 15.4 Å². The first-order valence-corrected chi connectivity index (χ1v) is 5.92. The molecule has 0 bridgehead atoms. The topological polar surface area (TPSA) is 46.2 Å². The van der Waals surface area contributed by atoms with Gasteiger partial charge in [-0.15, -0.1) is 0 Å². The van der Waals surface area contributed by atoms with Gasteiger partial charge in [0, 0.05) is 37.1 Å². The molecule has 1 saturated heterocycles. The molecule has 1 fully saturated rings. The molecule has 2 heterocycles. The summed E-state index contributed by atoms with van der Waals surface area (Å²) in [4.78, 5) is 4.24. The van der Waals surface area contributed by atoms with Gasteiger partial charge in [0.25, 0.3) is 0 Å². The molecule has 0 aromatic carbocycles. The molecule has 0 amide bonds. The van der Waals surface area contributed by atoms with E-state index in [0.717, 1.165) is 37.7 Å². The predicted octanol–water partition coefficient (Wildman–Crippen LogP) is 2.10. The van der Waals surface area contributed by atoms with Crippen LogP contribution in [0.15, 0.2) is 18.3 Å². The summed E-state index contributed by atoms with van der Waals surface area (Å²) in [6.45, 7) is 4.66. The number of ether oxygens (including phenoxy) is 1. The quantitative estimate of drug-likeness (QED) is 0.817. The molecule has 1 aliphatic rings. The molecule has 16 heavy (non-hydrogen) atoms. The standard InChI is InChI=1S/C12H19N3O/c1-2-13-12-8-10(5-6-14-12)15-11-4-3-7-16-9-11/h5-6,8,11H,2-4,7,9H2,1H3,(H2,13,14,15). The van der Waals surface area contributed by atoms with Crippen molar-refractivity contribution in [2.24, 2.45) is 0 Å². The van der Waals surface area contributed by atoms with E-state index in [-0.39, 0.29) is 0 Å². The van der Waals surface area contributed by atoms with Gasteiger partial charge >= 0.3 is 0 Å². The molecule has 2 rings (SSSR count). The Kier molecular flexibility index (Phi) is 3.99. The zero-order valence-electron chi connectivity index (χ0n) is 9.70. The molecule has 0 saturated carbocycles. The van der Waals surface area contributed by atoms with Crippen LogP contribution >= 0.6 is 0 Å². The van der Waals surface area contributed by atoms with Crippen molar-refractivity contribution in [3.05, 3.63) is 18.3 Å². The van der Waals surface area contributed by atoms with Crippen molar-refractivity contribution in [2.45, 2.75) is 25.8 Å². The Morgan fingerprint density at radius 2 is 2.50 bits per heavy atom. The summed E-state index contributed by atoms with van der Waals surface area (Å²) in [6, 6.07) is 4.47. The molecule has 1 atom stereocenters. The second-order valence-corrected chi connectivity index (χ2v) is 4.02. The van der Waals surface area contributed by atoms with E-state index in [1.54, 1.807) is 0 Å². The lowest BCUT2D eigenvalue weighted by molar-refractivity contribution is 0.0876. The molecule has 1 aromatic heterocycles. The number of rotatable bonds is 4. The molecule has 1 aliphatic heterocycles. The van der Waals surface area contributed by atoms with Crippen molar-refractivity contribution < 1.29 is 4.74 Å². The Hall–Kier alpha value is -1.29. The van der Waals surface area contributed by atoms with Gasteiger partial charge in [-0.05, 0) is 25.8 Å². The number of aromatic nitrogens is 1. The van der Waals surface area contributed by atoms with Crippen LogP contribution in [0, 0.1) is 0 Å². The van der Waals surface area contributed by atoms with Crippen molar-refractivity contribution in [1.29, 1.82) is 0 Å². The number of nitrogens with zero attached hydrogens (tertiary/aromatic N) is 1. The maximum atomic E-state index is 5.44. The van der Waals surface area contributed by atoms with Crippen LogP contribution in [0.4, 0.5) is 11.5 Å². The maximum Gasteiger partial charge on any atom is 0.127 e. The monoisotopic (exact) mass is 221 g/mol. The Morgan fingerprint density at radius 3 is 3.25 bits per heavy atom. The van der Waals surface area contributed by atoms with E-state index in [9.17, 15) is 0 Å². The van der Waals surface area contributed by atoms with E-state index in [1.807, 2.05) is 18.3 Å². The van der Waals surface area contributed by atoms with Gasteiger partial charge in [0.15, 0.2) is 0 Å². The van der Waals surface area contributed by atoms with Gasteiger partial charge in [-0.3, -0.25) is 0 Å². The molecule has 1 unspecified atom stereocenters. The average Bonchev–Trinajstić information content (AvgIpc) is 2.31. The molecule has 0 radical (unpaired) electrons. The van der Waals surface area contributed by atoms with E-state index >= 15 is 0 Å². The lowest BCUT2D eigenvalue weighted by Gasteiger charge is -2.24. The van der Waals surface area contributed by atoms with E-state index in [4.69, 9.17) is 4.74 Å². The van der Waals surface area contributed by atoms with E-state index in [2.05, 4.69) is 22.5 Å². The molecular formula is C12H19N3O. The largest absolute Gasteiger partial charge is 0.380 e. The van der Waals surface area contributed by atoms with E-state index in [1.165, 1.54) is 6.42 Å². The smallest absolute Gasteiger partial charge is 0.127 e. The predicted molar refractivity (Wildman–Crippen MR) is 65.9 cm³/mol. The highest BCUT2D eigenvalue weighted by atomic mass is 16.5. The van der Waals surface area contributed by atoms with E-state index < -0.39 is 0 Å². The number of pyridine rings is 1. The molecule has 88 valence electrons. The minimum absolute atomic E-state index is 0.436. The van der Waals surface area contributed by atoms with Crippen LogP contribution in [0.5, 0.6) is 0 Å². The third kappa shape index (κ3) is 3.10. The molecular weight excluding hydrogens is 202 g/mol. The van der Waals surface area contributed by atoms with Crippen molar-refractivity contribution in [2.75, 3.05) is 30.4 Å². The highest BCUT2D eigenvalue weighted by Crippen LogP contribution is 2.16. The number of hydrogen-bond donors (Lipinski definition) is 2. The zero-order chi connectivity index (χ0) is 11.2. The van der Waals surface area contributed by atoms with Crippen LogP contribution in [0.2, 0.25) is 0 Å². The van der Waals surface area contributed by atoms with Gasteiger partial charge in [0.05, 0.1) is 6.61 Å². The van der Waals surface area contributed by atoms with Crippen molar-refractivity contribution in [3.63, 3.8) is 0 Å². The number of hydrogen-bond acceptors (Lipinski definition) is 4. The van der Waals surface area contributed by atoms with Gasteiger partial charge in [0.2, 0.25) is 0 Å². The van der Waals surface area contributed by atoms with Gasteiger partial charge in [-0.1, -0.05) is 0 Å². The Labute approximate surface area is 96.4 Å². The lowest BCUT2D eigenvalue weighted by Crippen LogP contribution is -2.29. The minimum atomic E-state index is 0.436. The first-order chi connectivity index (χ1) is 7.88. The third-order valence-corrected chi connectivity index (χ3v) is 2.65. The summed E-state index contributed by atoms with van der Waals surface area (Å²) in [7, 11) is 0. The van der Waals surface area contributed by atoms with Crippen LogP contribution in [0.1, 0.15) is 19.8 Å². The maximum absolute atomic E-state index is 5.44. The Bertz CT molecular complexity index is 324. The second kappa shape index (κ2) is 5.70. The van der Waals surface area contributed by atoms with Gasteiger partial charge in [-0.2, -0.15) is 0 Å². The molecule has 4 nitrogen and oxygen atoms in total. The fourth-order valence-electron chi connectivity index (χ4n) is 1.89. The number of nitrogens with one attached hydrogen (secondary N) is 2. The Morgan fingerprint density at radius 1 is 1.56 bits per heavy atom. The highest BCUT2D eigenvalue weighted by molar-refractivity contribution is 5.52. The molecule has 2 N–H and O–H groups in total. The fourth-order valence-corrected chi connectivity index (χ4v) is 1.89. The van der Waals surface area contributed by atoms with E-state index in [0.29, 0.717) is 6.04 Å². The van der Waals surface area contributed by atoms with Crippen LogP contribution in [0.25, 0.3) is 0 Å².